The van der Waals surface area contributed by atoms with E-state index in [0.717, 1.165) is 45.4 Å². The summed E-state index contributed by atoms with van der Waals surface area (Å²) in [6.45, 7) is 3.87. The fraction of sp³-hybridized carbons (Fsp3) is 0.636. The Bertz CT molecular complexity index is 742. The molecule has 2 heterocycles. The summed E-state index contributed by atoms with van der Waals surface area (Å²) in [6, 6.07) is 4.86. The van der Waals surface area contributed by atoms with Gasteiger partial charge in [-0.1, -0.05) is 0 Å². The first-order chi connectivity index (χ1) is 13.9. The van der Waals surface area contributed by atoms with Crippen molar-refractivity contribution < 1.29 is 23.5 Å². The van der Waals surface area contributed by atoms with Crippen LogP contribution in [0.1, 0.15) is 44.1 Å². The fourth-order valence-corrected chi connectivity index (χ4v) is 4.61. The van der Waals surface area contributed by atoms with Crippen molar-refractivity contribution in [3.05, 3.63) is 29.6 Å². The van der Waals surface area contributed by atoms with Gasteiger partial charge in [0.1, 0.15) is 11.6 Å². The fourth-order valence-electron chi connectivity index (χ4n) is 4.61. The second kappa shape index (κ2) is 9.57. The van der Waals surface area contributed by atoms with E-state index in [9.17, 15) is 14.0 Å². The second-order valence-electron chi connectivity index (χ2n) is 8.27. The number of likely N-dealkylation sites (tertiary alicyclic amines) is 2. The minimum absolute atomic E-state index is 0.0889. The molecule has 29 heavy (non-hydrogen) atoms. The number of hydrogen-bond acceptors (Lipinski definition) is 5. The summed E-state index contributed by atoms with van der Waals surface area (Å²) in [6.07, 6.45) is 4.31. The molecule has 0 aromatic heterocycles. The van der Waals surface area contributed by atoms with Crippen LogP contribution in [-0.4, -0.2) is 62.1 Å². The zero-order chi connectivity index (χ0) is 20.9. The van der Waals surface area contributed by atoms with Crippen molar-refractivity contribution in [1.82, 2.24) is 9.80 Å². The summed E-state index contributed by atoms with van der Waals surface area (Å²) in [5.41, 5.74) is 0.737. The normalized spacial score (nSPS) is 22.1. The molecular formula is C22H31FN2O4. The highest BCUT2D eigenvalue weighted by Gasteiger charge is 2.42. The van der Waals surface area contributed by atoms with Gasteiger partial charge in [-0.05, 0) is 50.4 Å². The smallest absolute Gasteiger partial charge is 0.305 e. The number of esters is 1. The highest BCUT2D eigenvalue weighted by Crippen LogP contribution is 2.39. The lowest BCUT2D eigenvalue weighted by Crippen LogP contribution is -2.45. The first-order valence-corrected chi connectivity index (χ1v) is 10.3. The Morgan fingerprint density at radius 1 is 1.14 bits per heavy atom. The number of hydrogen-bond donors (Lipinski definition) is 0. The van der Waals surface area contributed by atoms with Crippen molar-refractivity contribution in [2.45, 2.75) is 45.1 Å². The number of halogens is 1. The van der Waals surface area contributed by atoms with Crippen LogP contribution in [0.4, 0.5) is 4.39 Å². The minimum Gasteiger partial charge on any atom is -0.497 e. The molecule has 0 bridgehead atoms. The first-order valence-electron chi connectivity index (χ1n) is 10.3. The molecule has 0 unspecified atom stereocenters. The number of methoxy groups -OCH3 is 2. The quantitative estimate of drug-likeness (QED) is 0.652. The molecule has 2 saturated heterocycles. The van der Waals surface area contributed by atoms with Crippen molar-refractivity contribution in [1.29, 1.82) is 0 Å². The molecule has 2 aliphatic rings. The van der Waals surface area contributed by atoms with E-state index in [1.165, 1.54) is 13.2 Å². The van der Waals surface area contributed by atoms with Gasteiger partial charge >= 0.3 is 5.97 Å². The van der Waals surface area contributed by atoms with Gasteiger partial charge in [0.2, 0.25) is 5.91 Å². The molecule has 1 atom stereocenters. The van der Waals surface area contributed by atoms with E-state index in [4.69, 9.17) is 4.74 Å². The third kappa shape index (κ3) is 5.47. The molecule has 1 aromatic rings. The maximum absolute atomic E-state index is 14.2. The SMILES string of the molecule is COC(=O)CCCC(=O)N1CC[C@@]2(CCCN(Cc3cc(OC)ccc3F)C2)C1. The van der Waals surface area contributed by atoms with Gasteiger partial charge in [0, 0.05) is 50.0 Å². The number of ether oxygens (including phenoxy) is 2. The van der Waals surface area contributed by atoms with Crippen molar-refractivity contribution >= 4 is 11.9 Å². The van der Waals surface area contributed by atoms with Gasteiger partial charge in [-0.15, -0.1) is 0 Å². The zero-order valence-corrected chi connectivity index (χ0v) is 17.4. The highest BCUT2D eigenvalue weighted by atomic mass is 19.1. The van der Waals surface area contributed by atoms with Crippen LogP contribution < -0.4 is 4.74 Å². The molecule has 0 aliphatic carbocycles. The number of amides is 1. The van der Waals surface area contributed by atoms with Crippen LogP contribution in [0.5, 0.6) is 5.75 Å². The van der Waals surface area contributed by atoms with E-state index in [0.29, 0.717) is 30.7 Å². The number of nitrogens with zero attached hydrogens (tertiary/aromatic N) is 2. The molecule has 2 aliphatic heterocycles. The minimum atomic E-state index is -0.275. The summed E-state index contributed by atoms with van der Waals surface area (Å²) >= 11 is 0. The van der Waals surface area contributed by atoms with E-state index in [-0.39, 0.29) is 29.5 Å². The zero-order valence-electron chi connectivity index (χ0n) is 17.4. The molecule has 160 valence electrons. The van der Waals surface area contributed by atoms with Crippen LogP contribution in [0.25, 0.3) is 0 Å². The van der Waals surface area contributed by atoms with Crippen LogP contribution in [-0.2, 0) is 20.9 Å². The lowest BCUT2D eigenvalue weighted by Gasteiger charge is -2.40. The predicted molar refractivity (Wildman–Crippen MR) is 107 cm³/mol. The Labute approximate surface area is 171 Å². The molecule has 0 saturated carbocycles. The Hall–Kier alpha value is -2.15. The number of carbonyl (C=O) groups excluding carboxylic acids is 2. The average molecular weight is 406 g/mol. The molecular weight excluding hydrogens is 375 g/mol. The number of carbonyl (C=O) groups is 2. The summed E-state index contributed by atoms with van der Waals surface area (Å²) in [5, 5.41) is 0. The van der Waals surface area contributed by atoms with Gasteiger partial charge in [0.05, 0.1) is 14.2 Å². The molecule has 0 radical (unpaired) electrons. The molecule has 1 amide bonds. The molecule has 1 spiro atoms. The number of rotatable bonds is 7. The Balaban J connectivity index is 1.55. The lowest BCUT2D eigenvalue weighted by atomic mass is 9.79. The monoisotopic (exact) mass is 406 g/mol. The third-order valence-electron chi connectivity index (χ3n) is 6.18. The van der Waals surface area contributed by atoms with E-state index in [1.54, 1.807) is 19.2 Å². The van der Waals surface area contributed by atoms with E-state index >= 15 is 0 Å². The van der Waals surface area contributed by atoms with Gasteiger partial charge in [-0.25, -0.2) is 4.39 Å². The van der Waals surface area contributed by atoms with Gasteiger partial charge in [-0.3, -0.25) is 14.5 Å². The van der Waals surface area contributed by atoms with E-state index in [1.807, 2.05) is 4.90 Å². The standard InChI is InChI=1S/C22H31FN2O4/c1-28-18-7-8-19(23)17(13-18)14-24-11-4-9-22(15-24)10-12-25(16-22)20(26)5-3-6-21(27)29-2/h7-8,13H,3-6,9-12,14-16H2,1-2H3/t22-/m1/s1. The molecule has 6 nitrogen and oxygen atoms in total. The average Bonchev–Trinajstić information content (AvgIpc) is 3.12. The van der Waals surface area contributed by atoms with Crippen molar-refractivity contribution in [2.75, 3.05) is 40.4 Å². The lowest BCUT2D eigenvalue weighted by molar-refractivity contribution is -0.140. The molecule has 7 heteroatoms. The highest BCUT2D eigenvalue weighted by molar-refractivity contribution is 5.77. The van der Waals surface area contributed by atoms with Gasteiger partial charge in [-0.2, -0.15) is 0 Å². The Morgan fingerprint density at radius 2 is 1.97 bits per heavy atom. The van der Waals surface area contributed by atoms with Gasteiger partial charge < -0.3 is 14.4 Å². The number of benzene rings is 1. The third-order valence-corrected chi connectivity index (χ3v) is 6.18. The summed E-state index contributed by atoms with van der Waals surface area (Å²) < 4.78 is 24.1. The van der Waals surface area contributed by atoms with Crippen LogP contribution in [0, 0.1) is 11.2 Å². The first kappa shape index (κ1) is 21.6. The second-order valence-corrected chi connectivity index (χ2v) is 8.27. The Morgan fingerprint density at radius 3 is 2.72 bits per heavy atom. The van der Waals surface area contributed by atoms with Crippen LogP contribution >= 0.6 is 0 Å². The molecule has 3 rings (SSSR count). The maximum atomic E-state index is 14.2. The van der Waals surface area contributed by atoms with E-state index < -0.39 is 0 Å². The van der Waals surface area contributed by atoms with Crippen LogP contribution in [0.3, 0.4) is 0 Å². The summed E-state index contributed by atoms with van der Waals surface area (Å²) in [4.78, 5) is 28.0. The van der Waals surface area contributed by atoms with Crippen molar-refractivity contribution in [3.8, 4) is 5.75 Å². The van der Waals surface area contributed by atoms with Gasteiger partial charge in [0.25, 0.3) is 0 Å². The van der Waals surface area contributed by atoms with Crippen LogP contribution in [0.2, 0.25) is 0 Å². The molecule has 0 N–H and O–H groups in total. The van der Waals surface area contributed by atoms with E-state index in [2.05, 4.69) is 9.64 Å². The Kier molecular flexibility index (Phi) is 7.11. The molecule has 2 fully saturated rings. The van der Waals surface area contributed by atoms with Gasteiger partial charge in [0.15, 0.2) is 0 Å². The largest absolute Gasteiger partial charge is 0.497 e. The molecule has 1 aromatic carbocycles. The predicted octanol–water partition coefficient (Wildman–Crippen LogP) is 2.99. The summed E-state index contributed by atoms with van der Waals surface area (Å²) in [7, 11) is 2.95. The van der Waals surface area contributed by atoms with Crippen molar-refractivity contribution in [3.63, 3.8) is 0 Å². The summed E-state index contributed by atoms with van der Waals surface area (Å²) in [5.74, 6) is 0.294. The maximum Gasteiger partial charge on any atom is 0.305 e. The van der Waals surface area contributed by atoms with Crippen LogP contribution in [0.15, 0.2) is 18.2 Å². The number of piperidine rings is 1. The van der Waals surface area contributed by atoms with Crippen molar-refractivity contribution in [2.24, 2.45) is 5.41 Å². The topological polar surface area (TPSA) is 59.1 Å².